The second-order valence-corrected chi connectivity index (χ2v) is 11.7. The van der Waals surface area contributed by atoms with E-state index in [2.05, 4.69) is 10.6 Å². The number of nitrogens with one attached hydrogen (secondary N) is 2. The fourth-order valence-electron chi connectivity index (χ4n) is 4.67. The first-order valence-corrected chi connectivity index (χ1v) is 14.0. The number of hydrogen-bond acceptors (Lipinski definition) is 5. The molecule has 3 amide bonds. The maximum atomic E-state index is 14.4. The molecule has 3 N–H and O–H groups in total. The Morgan fingerprint density at radius 2 is 1.71 bits per heavy atom. The second-order valence-electron chi connectivity index (χ2n) is 11.3. The molecule has 8 nitrogen and oxygen atoms in total. The summed E-state index contributed by atoms with van der Waals surface area (Å²) in [5.41, 5.74) is 1.71. The molecule has 4 rings (SSSR count). The van der Waals surface area contributed by atoms with E-state index in [-0.39, 0.29) is 18.2 Å². The van der Waals surface area contributed by atoms with E-state index in [1.54, 1.807) is 45.0 Å². The summed E-state index contributed by atoms with van der Waals surface area (Å²) in [4.78, 5) is 42.9. The van der Waals surface area contributed by atoms with Crippen LogP contribution in [0.4, 0.5) is 10.5 Å². The highest BCUT2D eigenvalue weighted by Crippen LogP contribution is 2.38. The number of aryl methyl sites for hydroxylation is 1. The summed E-state index contributed by atoms with van der Waals surface area (Å²) in [7, 11) is 0. The number of alkyl carbamates (subject to hydrolysis) is 1. The predicted molar refractivity (Wildman–Crippen MR) is 159 cm³/mol. The summed E-state index contributed by atoms with van der Waals surface area (Å²) in [5.74, 6) is -0.950. The molecule has 1 fully saturated rings. The monoisotopic (exact) mass is 577 g/mol. The Morgan fingerprint density at radius 1 is 1.02 bits per heavy atom. The molecule has 0 bridgehead atoms. The van der Waals surface area contributed by atoms with Crippen molar-refractivity contribution in [1.29, 1.82) is 0 Å². The van der Waals surface area contributed by atoms with Crippen LogP contribution in [0.1, 0.15) is 56.3 Å². The van der Waals surface area contributed by atoms with Gasteiger partial charge in [-0.3, -0.25) is 9.59 Å². The maximum absolute atomic E-state index is 14.4. The lowest BCUT2D eigenvalue weighted by Gasteiger charge is -2.35. The number of rotatable bonds is 9. The summed E-state index contributed by atoms with van der Waals surface area (Å²) in [6.45, 7) is 7.07. The smallest absolute Gasteiger partial charge is 0.408 e. The fraction of sp³-hybridized carbons (Fsp3) is 0.344. The van der Waals surface area contributed by atoms with Crippen LogP contribution in [0.25, 0.3) is 0 Å². The van der Waals surface area contributed by atoms with Gasteiger partial charge in [0.05, 0.1) is 10.7 Å². The molecule has 0 heterocycles. The van der Waals surface area contributed by atoms with Gasteiger partial charge in [-0.15, -0.1) is 0 Å². The van der Waals surface area contributed by atoms with Crippen molar-refractivity contribution in [3.05, 3.63) is 94.5 Å². The van der Waals surface area contributed by atoms with Gasteiger partial charge >= 0.3 is 6.09 Å². The molecular weight excluding hydrogens is 542 g/mol. The van der Waals surface area contributed by atoms with Gasteiger partial charge in [-0.1, -0.05) is 66.2 Å². The molecule has 3 aromatic rings. The molecule has 1 aliphatic carbocycles. The van der Waals surface area contributed by atoms with Crippen LogP contribution in [0.15, 0.2) is 72.8 Å². The van der Waals surface area contributed by atoms with Crippen molar-refractivity contribution in [1.82, 2.24) is 10.2 Å². The summed E-state index contributed by atoms with van der Waals surface area (Å²) < 4.78 is 5.48. The molecule has 9 heteroatoms. The molecule has 0 aliphatic heterocycles. The first-order chi connectivity index (χ1) is 19.4. The van der Waals surface area contributed by atoms with E-state index in [0.717, 1.165) is 11.1 Å². The van der Waals surface area contributed by atoms with Gasteiger partial charge in [-0.2, -0.15) is 0 Å². The molecule has 2 unspecified atom stereocenters. The fourth-order valence-corrected chi connectivity index (χ4v) is 4.93. The molecule has 1 saturated carbocycles. The number of phenols is 1. The molecule has 216 valence electrons. The number of amides is 3. The van der Waals surface area contributed by atoms with E-state index in [1.807, 2.05) is 43.3 Å². The van der Waals surface area contributed by atoms with Crippen LogP contribution in [-0.2, 0) is 20.7 Å². The van der Waals surface area contributed by atoms with E-state index in [9.17, 15) is 19.5 Å². The van der Waals surface area contributed by atoms with Gasteiger partial charge in [-0.25, -0.2) is 4.79 Å². The molecule has 2 atom stereocenters. The summed E-state index contributed by atoms with van der Waals surface area (Å²) in [6, 6.07) is 18.6. The van der Waals surface area contributed by atoms with E-state index in [0.29, 0.717) is 29.1 Å². The van der Waals surface area contributed by atoms with Crippen molar-refractivity contribution < 1.29 is 24.2 Å². The van der Waals surface area contributed by atoms with Crippen molar-refractivity contribution in [2.45, 2.75) is 70.7 Å². The van der Waals surface area contributed by atoms with Crippen molar-refractivity contribution in [2.24, 2.45) is 0 Å². The summed E-state index contributed by atoms with van der Waals surface area (Å²) in [6.07, 6.45) is 0.862. The summed E-state index contributed by atoms with van der Waals surface area (Å²) in [5, 5.41) is 16.3. The average Bonchev–Trinajstić information content (AvgIpc) is 3.73. The molecule has 0 aromatic heterocycles. The Bertz CT molecular complexity index is 1380. The number of ether oxygens (including phenoxy) is 1. The van der Waals surface area contributed by atoms with Crippen LogP contribution >= 0.6 is 11.6 Å². The number of para-hydroxylation sites is 1. The first-order valence-electron chi connectivity index (χ1n) is 13.6. The third-order valence-electron chi connectivity index (χ3n) is 6.65. The topological polar surface area (TPSA) is 108 Å². The van der Waals surface area contributed by atoms with Gasteiger partial charge in [0.25, 0.3) is 5.91 Å². The average molecular weight is 578 g/mol. The number of anilines is 1. The molecular formula is C32H36ClN3O5. The molecule has 0 saturated heterocycles. The second kappa shape index (κ2) is 12.6. The molecule has 3 aromatic carbocycles. The van der Waals surface area contributed by atoms with Crippen LogP contribution < -0.4 is 10.6 Å². The zero-order valence-electron chi connectivity index (χ0n) is 23.7. The van der Waals surface area contributed by atoms with Gasteiger partial charge < -0.3 is 25.4 Å². The van der Waals surface area contributed by atoms with Gasteiger partial charge in [0.15, 0.2) is 0 Å². The molecule has 0 spiro atoms. The van der Waals surface area contributed by atoms with Crippen molar-refractivity contribution in [2.75, 3.05) is 5.32 Å². The number of halogens is 1. The number of aromatic hydroxyl groups is 1. The van der Waals surface area contributed by atoms with Crippen LogP contribution in [0.5, 0.6) is 5.75 Å². The highest BCUT2D eigenvalue weighted by Gasteiger charge is 2.44. The van der Waals surface area contributed by atoms with Crippen molar-refractivity contribution >= 4 is 35.2 Å². The van der Waals surface area contributed by atoms with Gasteiger partial charge in [-0.05, 0) is 75.4 Å². The number of carbonyl (C=O) groups excluding carboxylic acids is 3. The Labute approximate surface area is 245 Å². The quantitative estimate of drug-likeness (QED) is 0.282. The van der Waals surface area contributed by atoms with E-state index in [1.165, 1.54) is 17.0 Å². The molecule has 1 aliphatic rings. The third kappa shape index (κ3) is 8.01. The standard InChI is InChI=1S/C32H36ClN3O5/c1-20-10-8-15-25(33)27(20)35-29(38)28(22-13-9-14-24(37)19-22)36(23-16-17-23)30(39)26(18-21-11-6-5-7-12-21)34-31(40)41-32(2,3)4/h5-15,19,23,26,28,37H,16-18H2,1-4H3,(H,34,40)(H,35,38). The highest BCUT2D eigenvalue weighted by molar-refractivity contribution is 6.34. The van der Waals surface area contributed by atoms with Crippen LogP contribution in [0.2, 0.25) is 5.02 Å². The molecule has 0 radical (unpaired) electrons. The minimum Gasteiger partial charge on any atom is -0.508 e. The Kier molecular flexibility index (Phi) is 9.23. The number of carbonyl (C=O) groups is 3. The minimum absolute atomic E-state index is 0.0369. The third-order valence-corrected chi connectivity index (χ3v) is 6.96. The Hall–Kier alpha value is -4.04. The van der Waals surface area contributed by atoms with Crippen molar-refractivity contribution in [3.63, 3.8) is 0 Å². The van der Waals surface area contributed by atoms with Crippen LogP contribution in [0.3, 0.4) is 0 Å². The van der Waals surface area contributed by atoms with Gasteiger partial charge in [0.2, 0.25) is 5.91 Å². The van der Waals surface area contributed by atoms with E-state index < -0.39 is 35.6 Å². The SMILES string of the molecule is Cc1cccc(Cl)c1NC(=O)C(c1cccc(O)c1)N(C(=O)C(Cc1ccccc1)NC(=O)OC(C)(C)C)C1CC1. The Balaban J connectivity index is 1.74. The van der Waals surface area contributed by atoms with Gasteiger partial charge in [0.1, 0.15) is 23.4 Å². The normalized spacial score (nSPS) is 14.5. The number of benzene rings is 3. The van der Waals surface area contributed by atoms with E-state index >= 15 is 0 Å². The minimum atomic E-state index is -1.10. The first kappa shape index (κ1) is 29.9. The zero-order chi connectivity index (χ0) is 29.7. The number of hydrogen-bond donors (Lipinski definition) is 3. The van der Waals surface area contributed by atoms with Gasteiger partial charge in [0, 0.05) is 12.5 Å². The number of nitrogens with zero attached hydrogens (tertiary/aromatic N) is 1. The lowest BCUT2D eigenvalue weighted by molar-refractivity contribution is -0.141. The van der Waals surface area contributed by atoms with E-state index in [4.69, 9.17) is 16.3 Å². The van der Waals surface area contributed by atoms with Crippen LogP contribution in [-0.4, -0.2) is 45.6 Å². The Morgan fingerprint density at radius 3 is 2.32 bits per heavy atom. The lowest BCUT2D eigenvalue weighted by Crippen LogP contribution is -2.54. The highest BCUT2D eigenvalue weighted by atomic mass is 35.5. The predicted octanol–water partition coefficient (Wildman–Crippen LogP) is 6.16. The van der Waals surface area contributed by atoms with Crippen molar-refractivity contribution in [3.8, 4) is 5.75 Å². The summed E-state index contributed by atoms with van der Waals surface area (Å²) >= 11 is 6.42. The van der Waals surface area contributed by atoms with Crippen LogP contribution in [0, 0.1) is 6.92 Å². The maximum Gasteiger partial charge on any atom is 0.408 e. The lowest BCUT2D eigenvalue weighted by atomic mass is 9.99. The zero-order valence-corrected chi connectivity index (χ0v) is 24.4. The molecule has 41 heavy (non-hydrogen) atoms. The largest absolute Gasteiger partial charge is 0.508 e. The number of phenolic OH excluding ortho intramolecular Hbond substituents is 1.